The van der Waals surface area contributed by atoms with Crippen molar-refractivity contribution < 1.29 is 4.74 Å². The molecule has 19 heavy (non-hydrogen) atoms. The van der Waals surface area contributed by atoms with E-state index >= 15 is 0 Å². The van der Waals surface area contributed by atoms with Gasteiger partial charge in [-0.2, -0.15) is 0 Å². The molecule has 4 heteroatoms. The largest absolute Gasteiger partial charge is 0.464 e. The van der Waals surface area contributed by atoms with Gasteiger partial charge in [0.15, 0.2) is 0 Å². The summed E-state index contributed by atoms with van der Waals surface area (Å²) in [6.07, 6.45) is 4.06. The zero-order chi connectivity index (χ0) is 13.5. The second kappa shape index (κ2) is 4.23. The van der Waals surface area contributed by atoms with Gasteiger partial charge >= 0.3 is 6.01 Å². The van der Waals surface area contributed by atoms with E-state index in [1.54, 1.807) is 0 Å². The fourth-order valence-corrected chi connectivity index (χ4v) is 2.55. The monoisotopic (exact) mass is 255 g/mol. The van der Waals surface area contributed by atoms with E-state index in [0.29, 0.717) is 12.6 Å². The van der Waals surface area contributed by atoms with Crippen molar-refractivity contribution in [2.45, 2.75) is 26.2 Å². The van der Waals surface area contributed by atoms with Crippen LogP contribution in [0.3, 0.4) is 0 Å². The average molecular weight is 255 g/mol. The number of fused-ring (bicyclic) bond motifs is 2. The van der Waals surface area contributed by atoms with Crippen LogP contribution >= 0.6 is 0 Å². The van der Waals surface area contributed by atoms with E-state index in [2.05, 4.69) is 54.4 Å². The van der Waals surface area contributed by atoms with E-state index in [-0.39, 0.29) is 5.41 Å². The van der Waals surface area contributed by atoms with Gasteiger partial charge in [0.05, 0.1) is 12.0 Å². The zero-order valence-electron chi connectivity index (χ0n) is 11.4. The maximum absolute atomic E-state index is 5.53. The van der Waals surface area contributed by atoms with E-state index in [0.717, 1.165) is 5.82 Å². The van der Waals surface area contributed by atoms with Gasteiger partial charge in [0.2, 0.25) is 0 Å². The first kappa shape index (κ1) is 12.0. The Morgan fingerprint density at radius 1 is 1.21 bits per heavy atom. The number of rotatable bonds is 2. The first-order valence-corrected chi connectivity index (χ1v) is 6.50. The van der Waals surface area contributed by atoms with Crippen molar-refractivity contribution in [1.82, 2.24) is 14.8 Å². The molecule has 2 aromatic rings. The number of ether oxygens (including phenoxy) is 1. The molecule has 1 aliphatic heterocycles. The minimum Gasteiger partial charge on any atom is -0.464 e. The van der Waals surface area contributed by atoms with Crippen LogP contribution in [0.15, 0.2) is 24.3 Å². The molecule has 98 valence electrons. The molecule has 0 N–H and O–H groups in total. The second-order valence-electron chi connectivity index (χ2n) is 5.14. The van der Waals surface area contributed by atoms with Crippen molar-refractivity contribution in [1.29, 1.82) is 0 Å². The van der Waals surface area contributed by atoms with Crippen LogP contribution in [0.4, 0.5) is 0 Å². The lowest BCUT2D eigenvalue weighted by atomic mass is 9.81. The van der Waals surface area contributed by atoms with Crippen LogP contribution in [0.25, 0.3) is 12.3 Å². The minimum absolute atomic E-state index is 0.206. The Morgan fingerprint density at radius 3 is 2.79 bits per heavy atom. The third-order valence-corrected chi connectivity index (χ3v) is 3.53. The summed E-state index contributed by atoms with van der Waals surface area (Å²) in [6.45, 7) is 6.85. The summed E-state index contributed by atoms with van der Waals surface area (Å²) in [5, 5.41) is 8.46. The van der Waals surface area contributed by atoms with Gasteiger partial charge in [-0.25, -0.2) is 0 Å². The Balaban J connectivity index is 2.22. The van der Waals surface area contributed by atoms with Crippen molar-refractivity contribution in [3.63, 3.8) is 0 Å². The Morgan fingerprint density at radius 2 is 2.00 bits per heavy atom. The molecule has 0 saturated heterocycles. The van der Waals surface area contributed by atoms with E-state index in [1.165, 1.54) is 11.1 Å². The van der Waals surface area contributed by atoms with Gasteiger partial charge in [0.1, 0.15) is 5.82 Å². The summed E-state index contributed by atoms with van der Waals surface area (Å²) in [7, 11) is 0. The summed E-state index contributed by atoms with van der Waals surface area (Å²) in [5.41, 5.74) is 2.25. The van der Waals surface area contributed by atoms with Crippen molar-refractivity contribution in [3.8, 4) is 6.01 Å². The van der Waals surface area contributed by atoms with Crippen molar-refractivity contribution >= 4 is 12.3 Å². The lowest BCUT2D eigenvalue weighted by Gasteiger charge is -2.24. The highest BCUT2D eigenvalue weighted by atomic mass is 16.5. The van der Waals surface area contributed by atoms with E-state index in [4.69, 9.17) is 4.74 Å². The normalized spacial score (nSPS) is 15.5. The predicted octanol–water partition coefficient (Wildman–Crippen LogP) is 2.94. The molecule has 0 bridgehead atoms. The third-order valence-electron chi connectivity index (χ3n) is 3.53. The average Bonchev–Trinajstić information content (AvgIpc) is 2.76. The highest BCUT2D eigenvalue weighted by molar-refractivity contribution is 5.68. The predicted molar refractivity (Wildman–Crippen MR) is 75.0 cm³/mol. The summed E-state index contributed by atoms with van der Waals surface area (Å²) >= 11 is 0. The quantitative estimate of drug-likeness (QED) is 0.828. The molecule has 0 amide bonds. The molecule has 1 aromatic carbocycles. The van der Waals surface area contributed by atoms with Crippen LogP contribution in [-0.4, -0.2) is 21.4 Å². The van der Waals surface area contributed by atoms with Gasteiger partial charge in [0.25, 0.3) is 0 Å². The van der Waals surface area contributed by atoms with Crippen LogP contribution in [0.1, 0.15) is 37.7 Å². The maximum Gasteiger partial charge on any atom is 0.321 e. The van der Waals surface area contributed by atoms with E-state index < -0.39 is 0 Å². The molecule has 3 rings (SSSR count). The smallest absolute Gasteiger partial charge is 0.321 e. The lowest BCUT2D eigenvalue weighted by Crippen LogP contribution is -2.23. The van der Waals surface area contributed by atoms with Gasteiger partial charge in [-0.3, -0.25) is 4.57 Å². The molecule has 1 aromatic heterocycles. The van der Waals surface area contributed by atoms with Crippen LogP contribution in [-0.2, 0) is 5.41 Å². The maximum atomic E-state index is 5.53. The SMILES string of the molecule is CCOc1nnc2n1C=Cc1ccccc1C2(C)C. The summed E-state index contributed by atoms with van der Waals surface area (Å²) in [5.74, 6) is 0.900. The summed E-state index contributed by atoms with van der Waals surface area (Å²) < 4.78 is 7.46. The Hall–Kier alpha value is -2.10. The first-order chi connectivity index (χ1) is 9.14. The van der Waals surface area contributed by atoms with Crippen molar-refractivity contribution in [3.05, 3.63) is 41.2 Å². The molecule has 0 aliphatic carbocycles. The van der Waals surface area contributed by atoms with Gasteiger partial charge < -0.3 is 4.74 Å². The lowest BCUT2D eigenvalue weighted by molar-refractivity contribution is 0.307. The Kier molecular flexibility index (Phi) is 2.66. The summed E-state index contributed by atoms with van der Waals surface area (Å²) in [6, 6.07) is 8.92. The van der Waals surface area contributed by atoms with Gasteiger partial charge in [0, 0.05) is 6.20 Å². The molecule has 0 fully saturated rings. The van der Waals surface area contributed by atoms with Crippen LogP contribution < -0.4 is 4.74 Å². The summed E-state index contributed by atoms with van der Waals surface area (Å²) in [4.78, 5) is 0. The number of hydrogen-bond donors (Lipinski definition) is 0. The molecule has 2 heterocycles. The molecule has 4 nitrogen and oxygen atoms in total. The highest BCUT2D eigenvalue weighted by Gasteiger charge is 2.33. The molecule has 0 saturated carbocycles. The topological polar surface area (TPSA) is 39.9 Å². The number of aromatic nitrogens is 3. The third kappa shape index (κ3) is 1.75. The highest BCUT2D eigenvalue weighted by Crippen LogP contribution is 2.36. The van der Waals surface area contributed by atoms with Gasteiger partial charge in [-0.1, -0.05) is 29.4 Å². The van der Waals surface area contributed by atoms with Crippen LogP contribution in [0.2, 0.25) is 0 Å². The molecular formula is C15H17N3O. The van der Waals surface area contributed by atoms with Gasteiger partial charge in [-0.15, -0.1) is 5.10 Å². The fraction of sp³-hybridized carbons (Fsp3) is 0.333. The zero-order valence-corrected chi connectivity index (χ0v) is 11.4. The number of nitrogens with zero attached hydrogens (tertiary/aromatic N) is 3. The molecule has 1 aliphatic rings. The Labute approximate surface area is 112 Å². The molecule has 0 spiro atoms. The standard InChI is InChI=1S/C15H17N3O/c1-4-19-14-17-16-13-15(2,3)12-8-6-5-7-11(12)9-10-18(13)14/h5-10H,4H2,1-3H3. The number of hydrogen-bond acceptors (Lipinski definition) is 3. The molecule has 0 atom stereocenters. The van der Waals surface area contributed by atoms with E-state index in [1.807, 2.05) is 17.7 Å². The number of benzene rings is 1. The fourth-order valence-electron chi connectivity index (χ4n) is 2.55. The first-order valence-electron chi connectivity index (χ1n) is 6.50. The molecular weight excluding hydrogens is 238 g/mol. The van der Waals surface area contributed by atoms with Crippen molar-refractivity contribution in [2.24, 2.45) is 0 Å². The van der Waals surface area contributed by atoms with Crippen molar-refractivity contribution in [2.75, 3.05) is 6.61 Å². The van der Waals surface area contributed by atoms with Crippen LogP contribution in [0.5, 0.6) is 6.01 Å². The van der Waals surface area contributed by atoms with E-state index in [9.17, 15) is 0 Å². The van der Waals surface area contributed by atoms with Gasteiger partial charge in [-0.05, 0) is 38.0 Å². The Bertz CT molecular complexity index is 641. The molecule has 0 radical (unpaired) electrons. The second-order valence-corrected chi connectivity index (χ2v) is 5.14. The molecule has 0 unspecified atom stereocenters. The van der Waals surface area contributed by atoms with Crippen LogP contribution in [0, 0.1) is 0 Å². The minimum atomic E-state index is -0.206.